The van der Waals surface area contributed by atoms with Gasteiger partial charge in [0.25, 0.3) is 0 Å². The third-order valence-corrected chi connectivity index (χ3v) is 5.94. The number of nitrogens with zero attached hydrogens (tertiary/aromatic N) is 2. The Morgan fingerprint density at radius 2 is 1.49 bits per heavy atom. The Kier molecular flexibility index (Phi) is 13.0. The van der Waals surface area contributed by atoms with Crippen LogP contribution in [0.3, 0.4) is 0 Å². The molecule has 37 heavy (non-hydrogen) atoms. The van der Waals surface area contributed by atoms with Gasteiger partial charge in [-0.2, -0.15) is 0 Å². The number of nitrogens with two attached hydrogens (primary N) is 1. The van der Waals surface area contributed by atoms with E-state index in [4.69, 9.17) is 0 Å². The second-order valence-corrected chi connectivity index (χ2v) is 8.71. The van der Waals surface area contributed by atoms with Gasteiger partial charge in [-0.1, -0.05) is 75.5 Å². The summed E-state index contributed by atoms with van der Waals surface area (Å²) in [5, 5.41) is 11.1. The molecule has 0 radical (unpaired) electrons. The van der Waals surface area contributed by atoms with Crippen molar-refractivity contribution in [2.75, 3.05) is 32.0 Å². The summed E-state index contributed by atoms with van der Waals surface area (Å²) in [5.74, 6) is -0.217. The number of hydrogen-bond donors (Lipinski definition) is 3. The lowest BCUT2D eigenvalue weighted by Crippen LogP contribution is -2.36. The normalized spacial score (nSPS) is 11.8. The van der Waals surface area contributed by atoms with Crippen LogP contribution in [-0.2, 0) is 13.1 Å². The van der Waals surface area contributed by atoms with E-state index in [1.807, 2.05) is 24.3 Å². The van der Waals surface area contributed by atoms with Gasteiger partial charge in [-0.25, -0.2) is 9.40 Å². The minimum Gasteiger partial charge on any atom is -0.405 e. The molecule has 0 atom stereocenters. The minimum absolute atomic E-state index is 0.217. The van der Waals surface area contributed by atoms with Gasteiger partial charge in [0.1, 0.15) is 5.82 Å². The summed E-state index contributed by atoms with van der Waals surface area (Å²) in [5.41, 5.74) is 11.5. The first-order valence-electron chi connectivity index (χ1n) is 12.8. The first kappa shape index (κ1) is 29.6. The van der Waals surface area contributed by atoms with Crippen LogP contribution in [0.4, 0.5) is 10.1 Å². The van der Waals surface area contributed by atoms with Crippen molar-refractivity contribution >= 4 is 5.69 Å². The van der Waals surface area contributed by atoms with E-state index in [0.717, 1.165) is 48.7 Å². The first-order valence-corrected chi connectivity index (χ1v) is 12.8. The topological polar surface area (TPSA) is 56.6 Å². The molecule has 0 aromatic heterocycles. The molecule has 0 fully saturated rings. The van der Waals surface area contributed by atoms with E-state index in [2.05, 4.69) is 84.7 Å². The van der Waals surface area contributed by atoms with Gasteiger partial charge < -0.3 is 21.4 Å². The molecule has 0 amide bonds. The number of nitrogens with one attached hydrogen (secondary N) is 2. The van der Waals surface area contributed by atoms with Crippen molar-refractivity contribution in [2.45, 2.75) is 33.4 Å². The summed E-state index contributed by atoms with van der Waals surface area (Å²) < 4.78 is 13.1. The van der Waals surface area contributed by atoms with Gasteiger partial charge in [-0.05, 0) is 72.2 Å². The molecule has 3 aromatic carbocycles. The largest absolute Gasteiger partial charge is 0.405 e. The number of hydrazine groups is 1. The maximum Gasteiger partial charge on any atom is 0.123 e. The van der Waals surface area contributed by atoms with E-state index >= 15 is 0 Å². The second kappa shape index (κ2) is 16.2. The Morgan fingerprint density at radius 1 is 0.973 bits per heavy atom. The van der Waals surface area contributed by atoms with Gasteiger partial charge in [0.05, 0.1) is 6.54 Å². The standard InChI is InChI=1S/C24H24FN3.C5H13N.C2H5N/c1-18(27(2)28-16-21-5-3-4-6-22(21)17-28)15-26-24-13-9-20(10-14-24)19-7-11-23(25)12-8-19;1-3-5-6-4-2;1-2-3/h3-14,26H,1,15-17H2,2H3;6H,3-5H2,1-2H3;2H,1,3H2. The quantitative estimate of drug-likeness (QED) is 0.296. The van der Waals surface area contributed by atoms with Crippen LogP contribution in [0, 0.1) is 5.82 Å². The van der Waals surface area contributed by atoms with Gasteiger partial charge in [0.15, 0.2) is 0 Å². The monoisotopic (exact) mass is 503 g/mol. The highest BCUT2D eigenvalue weighted by atomic mass is 19.1. The number of benzene rings is 3. The van der Waals surface area contributed by atoms with E-state index in [0.29, 0.717) is 6.54 Å². The lowest BCUT2D eigenvalue weighted by atomic mass is 10.1. The van der Waals surface area contributed by atoms with Crippen LogP contribution in [0.15, 0.2) is 97.9 Å². The van der Waals surface area contributed by atoms with Crippen molar-refractivity contribution in [2.24, 2.45) is 5.73 Å². The smallest absolute Gasteiger partial charge is 0.123 e. The molecule has 1 aliphatic heterocycles. The third kappa shape index (κ3) is 9.75. The maximum atomic E-state index is 13.1. The Bertz CT molecular complexity index is 1050. The van der Waals surface area contributed by atoms with Gasteiger partial charge in [-0.3, -0.25) is 0 Å². The zero-order valence-electron chi connectivity index (χ0n) is 22.5. The van der Waals surface area contributed by atoms with E-state index in [1.165, 1.54) is 35.9 Å². The zero-order chi connectivity index (χ0) is 27.0. The van der Waals surface area contributed by atoms with Gasteiger partial charge in [0.2, 0.25) is 0 Å². The summed E-state index contributed by atoms with van der Waals surface area (Å²) >= 11 is 0. The van der Waals surface area contributed by atoms with Crippen LogP contribution in [0.2, 0.25) is 0 Å². The van der Waals surface area contributed by atoms with Crippen LogP contribution in [0.25, 0.3) is 11.1 Å². The molecule has 4 N–H and O–H groups in total. The predicted molar refractivity (Wildman–Crippen MR) is 156 cm³/mol. The van der Waals surface area contributed by atoms with E-state index in [1.54, 1.807) is 12.1 Å². The molecule has 1 aliphatic rings. The Labute approximate surface area is 222 Å². The summed E-state index contributed by atoms with van der Waals surface area (Å²) in [6, 6.07) is 23.3. The summed E-state index contributed by atoms with van der Waals surface area (Å²) in [6.45, 7) is 16.4. The zero-order valence-corrected chi connectivity index (χ0v) is 22.5. The van der Waals surface area contributed by atoms with E-state index in [9.17, 15) is 4.39 Å². The average molecular weight is 504 g/mol. The fourth-order valence-electron chi connectivity index (χ4n) is 3.82. The predicted octanol–water partition coefficient (Wildman–Crippen LogP) is 6.38. The van der Waals surface area contributed by atoms with Gasteiger partial charge in [0, 0.05) is 31.5 Å². The van der Waals surface area contributed by atoms with Crippen molar-refractivity contribution < 1.29 is 4.39 Å². The molecule has 5 nitrogen and oxygen atoms in total. The van der Waals surface area contributed by atoms with Crippen LogP contribution in [0.1, 0.15) is 31.4 Å². The SMILES string of the molecule is C=C(CNc1ccc(-c2ccc(F)cc2)cc1)N(C)N1Cc2ccccc2C1.C=CN.CCCNCC. The highest BCUT2D eigenvalue weighted by Crippen LogP contribution is 2.25. The molecule has 4 rings (SSSR count). The number of fused-ring (bicyclic) bond motifs is 1. The molecule has 0 aliphatic carbocycles. The lowest BCUT2D eigenvalue weighted by Gasteiger charge is -2.31. The maximum absolute atomic E-state index is 13.1. The van der Waals surface area contributed by atoms with Crippen molar-refractivity contribution in [1.82, 2.24) is 15.3 Å². The Morgan fingerprint density at radius 3 is 1.95 bits per heavy atom. The fourth-order valence-corrected chi connectivity index (χ4v) is 3.82. The molecule has 0 saturated heterocycles. The molecule has 3 aromatic rings. The highest BCUT2D eigenvalue weighted by Gasteiger charge is 2.22. The fraction of sp³-hybridized carbons (Fsp3) is 0.290. The lowest BCUT2D eigenvalue weighted by molar-refractivity contribution is 0.0291. The van der Waals surface area contributed by atoms with Crippen molar-refractivity contribution in [1.29, 1.82) is 0 Å². The third-order valence-electron chi connectivity index (χ3n) is 5.94. The number of halogens is 1. The van der Waals surface area contributed by atoms with Gasteiger partial charge in [-0.15, -0.1) is 0 Å². The average Bonchev–Trinajstić information content (AvgIpc) is 3.36. The Balaban J connectivity index is 0.000000464. The summed E-state index contributed by atoms with van der Waals surface area (Å²) in [7, 11) is 2.06. The molecule has 1 heterocycles. The van der Waals surface area contributed by atoms with E-state index in [-0.39, 0.29) is 5.82 Å². The molecule has 6 heteroatoms. The molecular weight excluding hydrogens is 461 g/mol. The van der Waals surface area contributed by atoms with Crippen LogP contribution < -0.4 is 16.4 Å². The van der Waals surface area contributed by atoms with Crippen molar-refractivity contribution in [3.8, 4) is 11.1 Å². The van der Waals surface area contributed by atoms with Crippen LogP contribution in [-0.4, -0.2) is 36.7 Å². The first-order chi connectivity index (χ1) is 17.9. The molecule has 198 valence electrons. The number of rotatable bonds is 9. The molecule has 0 spiro atoms. The number of likely N-dealkylation sites (N-methyl/N-ethyl adjacent to an activating group) is 1. The van der Waals surface area contributed by atoms with Gasteiger partial charge >= 0.3 is 0 Å². The van der Waals surface area contributed by atoms with Crippen molar-refractivity contribution in [3.05, 3.63) is 115 Å². The summed E-state index contributed by atoms with van der Waals surface area (Å²) in [4.78, 5) is 0. The number of hydrogen-bond acceptors (Lipinski definition) is 5. The second-order valence-electron chi connectivity index (χ2n) is 8.71. The van der Waals surface area contributed by atoms with Crippen LogP contribution >= 0.6 is 0 Å². The number of anilines is 1. The minimum atomic E-state index is -0.217. The highest BCUT2D eigenvalue weighted by molar-refractivity contribution is 5.66. The van der Waals surface area contributed by atoms with Crippen LogP contribution in [0.5, 0.6) is 0 Å². The van der Waals surface area contributed by atoms with E-state index < -0.39 is 0 Å². The Hall–Kier alpha value is -3.61. The molecule has 0 saturated carbocycles. The van der Waals surface area contributed by atoms with Crippen molar-refractivity contribution in [3.63, 3.8) is 0 Å². The molecule has 0 unspecified atom stereocenters. The molecule has 0 bridgehead atoms. The molecular formula is C31H42FN5. The summed E-state index contributed by atoms with van der Waals surface area (Å²) in [6.07, 6.45) is 2.49.